The van der Waals surface area contributed by atoms with Gasteiger partial charge < -0.3 is 15.0 Å². The van der Waals surface area contributed by atoms with E-state index in [2.05, 4.69) is 38.7 Å². The van der Waals surface area contributed by atoms with Crippen molar-refractivity contribution in [3.63, 3.8) is 0 Å². The zero-order valence-electron chi connectivity index (χ0n) is 19.4. The van der Waals surface area contributed by atoms with Crippen LogP contribution in [0.1, 0.15) is 37.7 Å². The van der Waals surface area contributed by atoms with Crippen LogP contribution in [0.5, 0.6) is 0 Å². The monoisotopic (exact) mass is 476 g/mol. The maximum Gasteiger partial charge on any atom is 0.223 e. The molecule has 0 aliphatic carbocycles. The van der Waals surface area contributed by atoms with Crippen LogP contribution in [0.3, 0.4) is 0 Å². The first-order valence-electron chi connectivity index (χ1n) is 10.9. The predicted octanol–water partition coefficient (Wildman–Crippen LogP) is 2.64. The van der Waals surface area contributed by atoms with E-state index in [4.69, 9.17) is 0 Å². The number of aryl methyl sites for hydroxylation is 2. The summed E-state index contributed by atoms with van der Waals surface area (Å²) in [5.74, 6) is 0.508. The number of anilines is 1. The molecule has 0 unspecified atom stereocenters. The maximum atomic E-state index is 14.8. The van der Waals surface area contributed by atoms with Crippen molar-refractivity contribution in [1.82, 2.24) is 23.8 Å². The van der Waals surface area contributed by atoms with Crippen LogP contribution in [0.4, 0.5) is 10.3 Å². The third kappa shape index (κ3) is 4.57. The number of benzene rings is 1. The van der Waals surface area contributed by atoms with Gasteiger partial charge in [0.15, 0.2) is 5.82 Å². The Morgan fingerprint density at radius 2 is 1.97 bits per heavy atom. The second kappa shape index (κ2) is 8.62. The standard InChI is InChI=1S/C22H29FN6O3S/c1-12(2)29-14(4)25-20-13(3)8-15(9-18(20)29)21-16(23)10-24-22(27-21)26-17-6-7-28(11-19(17)30)33(5,31)32/h8-10,12,17,19,30H,6-7,11H2,1-5H3,(H,24,26,27)/t17-,19-/m1/s1. The van der Waals surface area contributed by atoms with Gasteiger partial charge in [-0.1, -0.05) is 0 Å². The van der Waals surface area contributed by atoms with Gasteiger partial charge in [-0.2, -0.15) is 4.31 Å². The molecule has 4 rings (SSSR count). The minimum absolute atomic E-state index is 0.0149. The molecule has 3 heterocycles. The molecule has 0 amide bonds. The second-order valence-electron chi connectivity index (χ2n) is 8.90. The summed E-state index contributed by atoms with van der Waals surface area (Å²) in [4.78, 5) is 13.1. The lowest BCUT2D eigenvalue weighted by atomic mass is 10.0. The van der Waals surface area contributed by atoms with Crippen molar-refractivity contribution in [3.8, 4) is 11.3 Å². The van der Waals surface area contributed by atoms with Crippen LogP contribution in [-0.2, 0) is 10.0 Å². The number of nitrogens with one attached hydrogen (secondary N) is 1. The molecule has 178 valence electrons. The minimum Gasteiger partial charge on any atom is -0.390 e. The lowest BCUT2D eigenvalue weighted by molar-refractivity contribution is 0.0950. The van der Waals surface area contributed by atoms with Crippen LogP contribution in [0.15, 0.2) is 18.3 Å². The topological polar surface area (TPSA) is 113 Å². The van der Waals surface area contributed by atoms with E-state index in [9.17, 15) is 17.9 Å². The van der Waals surface area contributed by atoms with Gasteiger partial charge >= 0.3 is 0 Å². The number of aliphatic hydroxyl groups excluding tert-OH is 1. The van der Waals surface area contributed by atoms with E-state index in [0.29, 0.717) is 12.0 Å². The Morgan fingerprint density at radius 1 is 1.24 bits per heavy atom. The summed E-state index contributed by atoms with van der Waals surface area (Å²) in [6.07, 6.45) is 1.66. The summed E-state index contributed by atoms with van der Waals surface area (Å²) >= 11 is 0. The van der Waals surface area contributed by atoms with Crippen molar-refractivity contribution in [2.24, 2.45) is 0 Å². The molecule has 0 radical (unpaired) electrons. The van der Waals surface area contributed by atoms with Gasteiger partial charge in [0.25, 0.3) is 0 Å². The van der Waals surface area contributed by atoms with Crippen LogP contribution >= 0.6 is 0 Å². The molecule has 33 heavy (non-hydrogen) atoms. The normalized spacial score (nSPS) is 20.0. The highest BCUT2D eigenvalue weighted by molar-refractivity contribution is 7.88. The minimum atomic E-state index is -3.38. The van der Waals surface area contributed by atoms with Crippen molar-refractivity contribution in [2.75, 3.05) is 24.7 Å². The first kappa shape index (κ1) is 23.5. The smallest absolute Gasteiger partial charge is 0.223 e. The summed E-state index contributed by atoms with van der Waals surface area (Å²) in [7, 11) is -3.38. The largest absolute Gasteiger partial charge is 0.390 e. The Bertz CT molecular complexity index is 1310. The fraction of sp³-hybridized carbons (Fsp3) is 0.500. The van der Waals surface area contributed by atoms with Crippen molar-refractivity contribution in [3.05, 3.63) is 35.5 Å². The molecule has 2 aromatic heterocycles. The van der Waals surface area contributed by atoms with E-state index in [1.165, 1.54) is 4.31 Å². The zero-order valence-corrected chi connectivity index (χ0v) is 20.2. The van der Waals surface area contributed by atoms with Crippen LogP contribution in [0.25, 0.3) is 22.3 Å². The van der Waals surface area contributed by atoms with Crippen molar-refractivity contribution < 1.29 is 17.9 Å². The number of nitrogens with zero attached hydrogens (tertiary/aromatic N) is 5. The summed E-state index contributed by atoms with van der Waals surface area (Å²) < 4.78 is 41.6. The average Bonchev–Trinajstić information content (AvgIpc) is 3.06. The first-order chi connectivity index (χ1) is 15.5. The SMILES string of the molecule is Cc1cc(-c2nc(N[C@@H]3CCN(S(C)(=O)=O)C[C@H]3O)ncc2F)cc2c1nc(C)n2C(C)C. The van der Waals surface area contributed by atoms with Crippen LogP contribution in [-0.4, -0.2) is 68.8 Å². The number of imidazole rings is 1. The van der Waals surface area contributed by atoms with E-state index in [1.54, 1.807) is 0 Å². The number of hydrogen-bond acceptors (Lipinski definition) is 7. The summed E-state index contributed by atoms with van der Waals surface area (Å²) in [5.41, 5.74) is 3.46. The van der Waals surface area contributed by atoms with Gasteiger partial charge in [-0.15, -0.1) is 0 Å². The lowest BCUT2D eigenvalue weighted by Gasteiger charge is -2.34. The van der Waals surface area contributed by atoms with Crippen LogP contribution in [0, 0.1) is 19.7 Å². The van der Waals surface area contributed by atoms with E-state index >= 15 is 0 Å². The average molecular weight is 477 g/mol. The molecular formula is C22H29FN6O3S. The van der Waals surface area contributed by atoms with Gasteiger partial charge in [-0.25, -0.2) is 27.8 Å². The predicted molar refractivity (Wildman–Crippen MR) is 125 cm³/mol. The summed E-state index contributed by atoms with van der Waals surface area (Å²) in [6, 6.07) is 3.48. The molecule has 2 atom stereocenters. The highest BCUT2D eigenvalue weighted by atomic mass is 32.2. The number of sulfonamides is 1. The number of hydrogen-bond donors (Lipinski definition) is 2. The van der Waals surface area contributed by atoms with Gasteiger partial charge in [0, 0.05) is 24.7 Å². The Balaban J connectivity index is 1.66. The molecule has 0 saturated carbocycles. The number of fused-ring (bicyclic) bond motifs is 1. The molecule has 3 aromatic rings. The molecule has 1 fully saturated rings. The van der Waals surface area contributed by atoms with E-state index < -0.39 is 28.0 Å². The van der Waals surface area contributed by atoms with Gasteiger partial charge in [-0.05, 0) is 51.8 Å². The Kier molecular flexibility index (Phi) is 6.14. The molecular weight excluding hydrogens is 447 g/mol. The quantitative estimate of drug-likeness (QED) is 0.582. The van der Waals surface area contributed by atoms with Gasteiger partial charge in [0.2, 0.25) is 16.0 Å². The Morgan fingerprint density at radius 3 is 2.61 bits per heavy atom. The third-order valence-electron chi connectivity index (χ3n) is 6.02. The third-order valence-corrected chi connectivity index (χ3v) is 7.29. The number of β-amino-alcohol motifs (C(OH)–C–C–N with tert-alkyl or cyclic N) is 1. The fourth-order valence-electron chi connectivity index (χ4n) is 4.45. The Labute approximate surface area is 192 Å². The van der Waals surface area contributed by atoms with Crippen molar-refractivity contribution in [2.45, 2.75) is 52.3 Å². The van der Waals surface area contributed by atoms with E-state index in [0.717, 1.165) is 34.9 Å². The molecule has 1 aliphatic rings. The van der Waals surface area contributed by atoms with Crippen molar-refractivity contribution in [1.29, 1.82) is 0 Å². The number of piperidine rings is 1. The fourth-order valence-corrected chi connectivity index (χ4v) is 5.31. The van der Waals surface area contributed by atoms with Gasteiger partial charge in [-0.3, -0.25) is 0 Å². The maximum absolute atomic E-state index is 14.8. The number of aromatic nitrogens is 4. The molecule has 0 bridgehead atoms. The molecule has 9 nitrogen and oxygen atoms in total. The molecule has 0 spiro atoms. The molecule has 1 aliphatic heterocycles. The Hall–Kier alpha value is -2.63. The zero-order chi connectivity index (χ0) is 24.1. The lowest BCUT2D eigenvalue weighted by Crippen LogP contribution is -2.51. The van der Waals surface area contributed by atoms with Gasteiger partial charge in [0.05, 0.1) is 35.6 Å². The molecule has 1 aromatic carbocycles. The van der Waals surface area contributed by atoms with Crippen LogP contribution < -0.4 is 5.32 Å². The molecule has 2 N–H and O–H groups in total. The second-order valence-corrected chi connectivity index (χ2v) is 10.9. The number of halogens is 1. The number of aliphatic hydroxyl groups is 1. The molecule has 1 saturated heterocycles. The van der Waals surface area contributed by atoms with E-state index in [-0.39, 0.29) is 30.8 Å². The summed E-state index contributed by atoms with van der Waals surface area (Å²) in [6.45, 7) is 8.29. The molecule has 11 heteroatoms. The highest BCUT2D eigenvalue weighted by Crippen LogP contribution is 2.30. The number of rotatable bonds is 5. The highest BCUT2D eigenvalue weighted by Gasteiger charge is 2.32. The first-order valence-corrected chi connectivity index (χ1v) is 12.7. The van der Waals surface area contributed by atoms with Crippen molar-refractivity contribution >= 4 is 27.0 Å². The summed E-state index contributed by atoms with van der Waals surface area (Å²) in [5, 5.41) is 13.5. The van der Waals surface area contributed by atoms with Gasteiger partial charge in [0.1, 0.15) is 11.5 Å². The van der Waals surface area contributed by atoms with E-state index in [1.807, 2.05) is 26.0 Å². The van der Waals surface area contributed by atoms with Crippen LogP contribution in [0.2, 0.25) is 0 Å².